The Kier molecular flexibility index (Phi) is 5.22. The van der Waals surface area contributed by atoms with Crippen molar-refractivity contribution in [2.24, 2.45) is 0 Å². The number of aromatic amines is 1. The third-order valence-corrected chi connectivity index (χ3v) is 5.12. The molecule has 0 aliphatic carbocycles. The normalized spacial score (nSPS) is 16.6. The molecule has 0 bridgehead atoms. The van der Waals surface area contributed by atoms with Gasteiger partial charge in [0, 0.05) is 18.8 Å². The number of amides is 1. The number of rotatable bonds is 4. The van der Waals surface area contributed by atoms with E-state index in [4.69, 9.17) is 14.2 Å². The van der Waals surface area contributed by atoms with Crippen LogP contribution in [0.5, 0.6) is 11.5 Å². The van der Waals surface area contributed by atoms with Crippen molar-refractivity contribution in [3.05, 3.63) is 70.1 Å². The molecule has 0 radical (unpaired) electrons. The average molecular weight is 394 g/mol. The molecule has 1 aliphatic rings. The van der Waals surface area contributed by atoms with Gasteiger partial charge in [-0.15, -0.1) is 0 Å². The van der Waals surface area contributed by atoms with Gasteiger partial charge in [0.15, 0.2) is 5.75 Å². The van der Waals surface area contributed by atoms with Gasteiger partial charge in [0.1, 0.15) is 17.5 Å². The molecule has 2 heterocycles. The number of pyridine rings is 1. The molecule has 3 aromatic rings. The molecule has 7 heteroatoms. The quantitative estimate of drug-likeness (QED) is 0.736. The fourth-order valence-corrected chi connectivity index (χ4v) is 3.52. The van der Waals surface area contributed by atoms with Gasteiger partial charge in [-0.05, 0) is 34.5 Å². The molecule has 7 nitrogen and oxygen atoms in total. The Hall–Kier alpha value is -3.32. The van der Waals surface area contributed by atoms with E-state index in [2.05, 4.69) is 11.1 Å². The molecular weight excluding hydrogens is 372 g/mol. The van der Waals surface area contributed by atoms with Gasteiger partial charge in [-0.25, -0.2) is 0 Å². The lowest BCUT2D eigenvalue weighted by molar-refractivity contribution is -0.0229. The van der Waals surface area contributed by atoms with Crippen LogP contribution in [0.1, 0.15) is 22.2 Å². The Morgan fingerprint density at radius 1 is 1.10 bits per heavy atom. The maximum absolute atomic E-state index is 12.9. The Bertz CT molecular complexity index is 1110. The second kappa shape index (κ2) is 7.97. The van der Waals surface area contributed by atoms with Gasteiger partial charge < -0.3 is 24.1 Å². The molecule has 1 atom stereocenters. The first kappa shape index (κ1) is 19.0. The van der Waals surface area contributed by atoms with Gasteiger partial charge in [0.05, 0.1) is 27.4 Å². The van der Waals surface area contributed by atoms with Crippen LogP contribution in [0, 0.1) is 0 Å². The zero-order chi connectivity index (χ0) is 20.4. The maximum Gasteiger partial charge on any atom is 0.270 e. The fraction of sp³-hybridized carbons (Fsp3) is 0.273. The lowest BCUT2D eigenvalue weighted by Crippen LogP contribution is -2.42. The highest BCUT2D eigenvalue weighted by Crippen LogP contribution is 2.28. The number of nitrogens with one attached hydrogen (secondary N) is 1. The van der Waals surface area contributed by atoms with E-state index >= 15 is 0 Å². The van der Waals surface area contributed by atoms with Gasteiger partial charge >= 0.3 is 0 Å². The molecule has 4 rings (SSSR count). The minimum atomic E-state index is -0.329. The molecule has 1 N–H and O–H groups in total. The molecule has 150 valence electrons. The molecule has 1 aliphatic heterocycles. The summed E-state index contributed by atoms with van der Waals surface area (Å²) in [5.41, 5.74) is 0.912. The van der Waals surface area contributed by atoms with Crippen LogP contribution in [-0.4, -0.2) is 49.7 Å². The Morgan fingerprint density at radius 3 is 2.66 bits per heavy atom. The number of aromatic nitrogens is 1. The largest absolute Gasteiger partial charge is 0.497 e. The van der Waals surface area contributed by atoms with Crippen molar-refractivity contribution in [1.29, 1.82) is 0 Å². The highest BCUT2D eigenvalue weighted by Gasteiger charge is 2.27. The number of benzene rings is 2. The van der Waals surface area contributed by atoms with Crippen molar-refractivity contribution in [2.45, 2.75) is 6.10 Å². The first-order valence-corrected chi connectivity index (χ1v) is 9.34. The molecule has 1 saturated heterocycles. The molecule has 0 unspecified atom stereocenters. The maximum atomic E-state index is 12.9. The second-order valence-electron chi connectivity index (χ2n) is 6.86. The van der Waals surface area contributed by atoms with Crippen molar-refractivity contribution < 1.29 is 19.0 Å². The van der Waals surface area contributed by atoms with Crippen molar-refractivity contribution in [3.8, 4) is 11.5 Å². The van der Waals surface area contributed by atoms with E-state index in [0.29, 0.717) is 19.7 Å². The predicted molar refractivity (Wildman–Crippen MR) is 109 cm³/mol. The summed E-state index contributed by atoms with van der Waals surface area (Å²) in [5, 5.41) is 2.16. The van der Waals surface area contributed by atoms with Crippen molar-refractivity contribution in [3.63, 3.8) is 0 Å². The van der Waals surface area contributed by atoms with E-state index in [1.54, 1.807) is 12.0 Å². The summed E-state index contributed by atoms with van der Waals surface area (Å²) in [4.78, 5) is 29.4. The average Bonchev–Trinajstić information content (AvgIpc) is 2.77. The highest BCUT2D eigenvalue weighted by atomic mass is 16.5. The first-order chi connectivity index (χ1) is 14.1. The van der Waals surface area contributed by atoms with Gasteiger partial charge in [0.25, 0.3) is 5.91 Å². The summed E-state index contributed by atoms with van der Waals surface area (Å²) in [6.45, 7) is 1.31. The minimum Gasteiger partial charge on any atom is -0.497 e. The summed E-state index contributed by atoms with van der Waals surface area (Å²) >= 11 is 0. The van der Waals surface area contributed by atoms with E-state index in [0.717, 1.165) is 22.1 Å². The van der Waals surface area contributed by atoms with E-state index in [-0.39, 0.29) is 28.9 Å². The van der Waals surface area contributed by atoms with Crippen molar-refractivity contribution in [2.75, 3.05) is 33.9 Å². The Labute approximate surface area is 167 Å². The summed E-state index contributed by atoms with van der Waals surface area (Å²) < 4.78 is 16.1. The van der Waals surface area contributed by atoms with Crippen LogP contribution in [0.3, 0.4) is 0 Å². The van der Waals surface area contributed by atoms with E-state index in [9.17, 15) is 9.59 Å². The molecule has 1 fully saturated rings. The summed E-state index contributed by atoms with van der Waals surface area (Å²) in [6.07, 6.45) is 1.18. The number of ether oxygens (including phenoxy) is 3. The number of morpholine rings is 1. The molecule has 2 aromatic carbocycles. The zero-order valence-corrected chi connectivity index (χ0v) is 16.3. The van der Waals surface area contributed by atoms with Gasteiger partial charge in [-0.2, -0.15) is 0 Å². The molecule has 29 heavy (non-hydrogen) atoms. The summed E-state index contributed by atoms with van der Waals surface area (Å²) in [5.74, 6) is 0.752. The number of carbonyl (C=O) groups excluding carboxylic acids is 1. The monoisotopic (exact) mass is 394 g/mol. The van der Waals surface area contributed by atoms with Gasteiger partial charge in [0.2, 0.25) is 5.43 Å². The van der Waals surface area contributed by atoms with Crippen molar-refractivity contribution in [1.82, 2.24) is 9.88 Å². The Morgan fingerprint density at radius 2 is 1.90 bits per heavy atom. The minimum absolute atomic E-state index is 0.175. The number of hydrogen-bond donors (Lipinski definition) is 1. The summed E-state index contributed by atoms with van der Waals surface area (Å²) in [6, 6.07) is 13.3. The van der Waals surface area contributed by atoms with Crippen LogP contribution in [0.15, 0.2) is 53.5 Å². The SMILES string of the molecule is COc1ccc2cc([C@@H]3CN(C(=O)c4cc(=O)c(OC)c[nH]4)CCO3)ccc2c1. The van der Waals surface area contributed by atoms with Crippen LogP contribution in [0.25, 0.3) is 10.8 Å². The fourth-order valence-electron chi connectivity index (χ4n) is 3.52. The lowest BCUT2D eigenvalue weighted by Gasteiger charge is -2.33. The number of fused-ring (bicyclic) bond motifs is 1. The molecule has 1 aromatic heterocycles. The number of methoxy groups -OCH3 is 2. The number of carbonyl (C=O) groups is 1. The predicted octanol–water partition coefficient (Wildman–Crippen LogP) is 2.76. The van der Waals surface area contributed by atoms with Crippen molar-refractivity contribution >= 4 is 16.7 Å². The smallest absolute Gasteiger partial charge is 0.270 e. The molecular formula is C22H22N2O5. The standard InChI is InChI=1S/C22H22N2O5/c1-27-17-6-5-14-9-16(4-3-15(14)10-17)21-13-24(7-8-29-21)22(26)18-11-19(25)20(28-2)12-23-18/h3-6,9-12,21H,7-8,13H2,1-2H3,(H,23,25)/t21-/m0/s1. The highest BCUT2D eigenvalue weighted by molar-refractivity contribution is 5.92. The lowest BCUT2D eigenvalue weighted by atomic mass is 10.0. The van der Waals surface area contributed by atoms with Crippen LogP contribution < -0.4 is 14.9 Å². The third-order valence-electron chi connectivity index (χ3n) is 5.12. The second-order valence-corrected chi connectivity index (χ2v) is 6.86. The zero-order valence-electron chi connectivity index (χ0n) is 16.3. The van der Waals surface area contributed by atoms with E-state index < -0.39 is 0 Å². The molecule has 0 spiro atoms. The molecule has 0 saturated carbocycles. The number of H-pyrrole nitrogens is 1. The molecule has 1 amide bonds. The van der Waals surface area contributed by atoms with Crippen LogP contribution in [-0.2, 0) is 4.74 Å². The van der Waals surface area contributed by atoms with Gasteiger partial charge in [-0.1, -0.05) is 18.2 Å². The summed E-state index contributed by atoms with van der Waals surface area (Å²) in [7, 11) is 3.06. The van der Waals surface area contributed by atoms with E-state index in [1.165, 1.54) is 19.4 Å². The Balaban J connectivity index is 1.55. The van der Waals surface area contributed by atoms with Gasteiger partial charge in [-0.3, -0.25) is 9.59 Å². The van der Waals surface area contributed by atoms with Crippen LogP contribution >= 0.6 is 0 Å². The number of hydrogen-bond acceptors (Lipinski definition) is 5. The topological polar surface area (TPSA) is 80.9 Å². The van der Waals surface area contributed by atoms with E-state index in [1.807, 2.05) is 30.3 Å². The first-order valence-electron chi connectivity index (χ1n) is 9.34. The number of nitrogens with zero attached hydrogens (tertiary/aromatic N) is 1. The third kappa shape index (κ3) is 3.82. The van der Waals surface area contributed by atoms with Crippen LogP contribution in [0.4, 0.5) is 0 Å². The van der Waals surface area contributed by atoms with Crippen LogP contribution in [0.2, 0.25) is 0 Å².